The zero-order valence-electron chi connectivity index (χ0n) is 21.9. The van der Waals surface area contributed by atoms with Crippen LogP contribution >= 0.6 is 0 Å². The number of rotatable bonds is 11. The number of carbonyl (C=O) groups is 1. The molecule has 1 heterocycles. The minimum absolute atomic E-state index is 0.0704. The summed E-state index contributed by atoms with van der Waals surface area (Å²) in [6.07, 6.45) is -2.84. The van der Waals surface area contributed by atoms with E-state index in [2.05, 4.69) is 4.98 Å². The Bertz CT molecular complexity index is 1220. The zero-order valence-corrected chi connectivity index (χ0v) is 21.9. The molecule has 4 rings (SSSR count). The first kappa shape index (κ1) is 28.8. The summed E-state index contributed by atoms with van der Waals surface area (Å²) < 4.78 is 61.4. The number of aromatic nitrogens is 1. The summed E-state index contributed by atoms with van der Waals surface area (Å²) >= 11 is 0. The van der Waals surface area contributed by atoms with E-state index in [-0.39, 0.29) is 25.4 Å². The first-order chi connectivity index (χ1) is 18.6. The molecule has 7 nitrogen and oxygen atoms in total. The lowest BCUT2D eigenvalue weighted by Gasteiger charge is -2.29. The number of benzene rings is 2. The molecule has 1 N–H and O–H groups in total. The van der Waals surface area contributed by atoms with Crippen LogP contribution in [-0.4, -0.2) is 41.0 Å². The number of ether oxygens (including phenoxy) is 3. The van der Waals surface area contributed by atoms with Crippen LogP contribution in [0.2, 0.25) is 0 Å². The van der Waals surface area contributed by atoms with Crippen LogP contribution < -0.4 is 0 Å². The fourth-order valence-electron chi connectivity index (χ4n) is 4.38. The molecule has 1 aliphatic carbocycles. The van der Waals surface area contributed by atoms with Crippen LogP contribution in [0.3, 0.4) is 0 Å². The third-order valence-corrected chi connectivity index (χ3v) is 6.72. The minimum Gasteiger partial charge on any atom is -0.479 e. The lowest BCUT2D eigenvalue weighted by atomic mass is 9.95. The predicted molar refractivity (Wildman–Crippen MR) is 136 cm³/mol. The molecule has 2 aromatic carbocycles. The molecule has 0 aliphatic heterocycles. The number of alkyl halides is 3. The number of aliphatic carboxylic acids is 1. The normalized spacial score (nSPS) is 18.7. The molecule has 39 heavy (non-hydrogen) atoms. The van der Waals surface area contributed by atoms with Gasteiger partial charge in [-0.2, -0.15) is 13.2 Å². The molecule has 0 bridgehead atoms. The highest BCUT2D eigenvalue weighted by Crippen LogP contribution is 2.30. The fourth-order valence-corrected chi connectivity index (χ4v) is 4.38. The van der Waals surface area contributed by atoms with Gasteiger partial charge in [0.1, 0.15) is 11.5 Å². The summed E-state index contributed by atoms with van der Waals surface area (Å²) in [7, 11) is 0. The van der Waals surface area contributed by atoms with Gasteiger partial charge in [-0.15, -0.1) is 0 Å². The third kappa shape index (κ3) is 8.14. The molecule has 0 spiro atoms. The van der Waals surface area contributed by atoms with Crippen molar-refractivity contribution in [2.45, 2.75) is 77.2 Å². The van der Waals surface area contributed by atoms with E-state index < -0.39 is 23.8 Å². The predicted octanol–water partition coefficient (Wildman–Crippen LogP) is 6.49. The molecule has 0 amide bonds. The van der Waals surface area contributed by atoms with Crippen LogP contribution in [0.15, 0.2) is 52.9 Å². The summed E-state index contributed by atoms with van der Waals surface area (Å²) in [6, 6.07) is 12.4. The first-order valence-corrected chi connectivity index (χ1v) is 12.9. The van der Waals surface area contributed by atoms with E-state index in [1.807, 2.05) is 38.1 Å². The van der Waals surface area contributed by atoms with Crippen LogP contribution in [0.25, 0.3) is 11.5 Å². The smallest absolute Gasteiger partial charge is 0.416 e. The molecule has 1 saturated carbocycles. The van der Waals surface area contributed by atoms with Gasteiger partial charge in [0.15, 0.2) is 6.10 Å². The van der Waals surface area contributed by atoms with E-state index in [0.717, 1.165) is 48.2 Å². The van der Waals surface area contributed by atoms with E-state index in [1.54, 1.807) is 0 Å². The maximum Gasteiger partial charge on any atom is 0.416 e. The second-order valence-corrected chi connectivity index (χ2v) is 9.78. The van der Waals surface area contributed by atoms with Gasteiger partial charge in [-0.25, -0.2) is 9.78 Å². The molecule has 3 aromatic rings. The molecule has 0 radical (unpaired) electrons. The molecular formula is C29H32F3NO6. The summed E-state index contributed by atoms with van der Waals surface area (Å²) in [6.45, 7) is 3.86. The number of aryl methyl sites for hydroxylation is 2. The topological polar surface area (TPSA) is 91.0 Å². The zero-order chi connectivity index (χ0) is 28.0. The summed E-state index contributed by atoms with van der Waals surface area (Å²) in [5.41, 5.74) is 2.45. The average Bonchev–Trinajstić information content (AvgIpc) is 3.28. The number of hydrogen-bond acceptors (Lipinski definition) is 6. The Labute approximate surface area is 224 Å². The highest BCUT2D eigenvalue weighted by Gasteiger charge is 2.30. The Morgan fingerprint density at radius 3 is 2.33 bits per heavy atom. The number of hydrogen-bond donors (Lipinski definition) is 1. The van der Waals surface area contributed by atoms with Gasteiger partial charge in [0, 0.05) is 5.56 Å². The van der Waals surface area contributed by atoms with E-state index in [9.17, 15) is 23.1 Å². The molecule has 0 saturated heterocycles. The number of halogens is 3. The Balaban J connectivity index is 1.24. The van der Waals surface area contributed by atoms with Crippen molar-refractivity contribution in [3.05, 3.63) is 76.7 Å². The van der Waals surface area contributed by atoms with Crippen LogP contribution in [0.1, 0.15) is 53.8 Å². The Morgan fingerprint density at radius 1 is 1.03 bits per heavy atom. The third-order valence-electron chi connectivity index (χ3n) is 6.72. The lowest BCUT2D eigenvalue weighted by molar-refractivity contribution is -0.159. The van der Waals surface area contributed by atoms with Gasteiger partial charge in [0.05, 0.1) is 37.6 Å². The van der Waals surface area contributed by atoms with Crippen LogP contribution in [0.4, 0.5) is 13.2 Å². The van der Waals surface area contributed by atoms with Gasteiger partial charge in [0.2, 0.25) is 5.89 Å². The molecule has 1 aromatic heterocycles. The highest BCUT2D eigenvalue weighted by atomic mass is 19.4. The molecule has 1 fully saturated rings. The van der Waals surface area contributed by atoms with Gasteiger partial charge in [-0.05, 0) is 69.4 Å². The van der Waals surface area contributed by atoms with Crippen LogP contribution in [0.5, 0.6) is 0 Å². The van der Waals surface area contributed by atoms with E-state index in [4.69, 9.17) is 18.6 Å². The standard InChI is InChI=1S/C29H32F3NO6/c1-18-6-10-21(11-7-18)27-33-25(19(2)39-27)16-36-23-4-3-5-24(14-23)37-17-26(28(34)35)38-15-20-8-12-22(13-9-20)29(30,31)32/h6-13,23-24,26H,3-5,14-17H2,1-2H3,(H,34,35)/t23-,24+,26+/m0/s1. The Hall–Kier alpha value is -3.21. The Kier molecular flexibility index (Phi) is 9.42. The van der Waals surface area contributed by atoms with Crippen molar-refractivity contribution >= 4 is 5.97 Å². The number of carboxylic acid groups (broad SMARTS) is 1. The van der Waals surface area contributed by atoms with Gasteiger partial charge in [0.25, 0.3) is 0 Å². The maximum absolute atomic E-state index is 12.7. The second kappa shape index (κ2) is 12.8. The second-order valence-electron chi connectivity index (χ2n) is 9.78. The van der Waals surface area contributed by atoms with Crippen molar-refractivity contribution in [1.82, 2.24) is 4.98 Å². The van der Waals surface area contributed by atoms with Gasteiger partial charge in [-0.1, -0.05) is 29.8 Å². The molecular weight excluding hydrogens is 515 g/mol. The maximum atomic E-state index is 12.7. The van der Waals surface area contributed by atoms with Crippen LogP contribution in [-0.2, 0) is 38.4 Å². The van der Waals surface area contributed by atoms with E-state index >= 15 is 0 Å². The monoisotopic (exact) mass is 547 g/mol. The Morgan fingerprint density at radius 2 is 1.69 bits per heavy atom. The van der Waals surface area contributed by atoms with Crippen molar-refractivity contribution in [3.63, 3.8) is 0 Å². The fraction of sp³-hybridized carbons (Fsp3) is 0.448. The average molecular weight is 548 g/mol. The number of carboxylic acids is 1. The largest absolute Gasteiger partial charge is 0.479 e. The minimum atomic E-state index is -4.43. The molecule has 210 valence electrons. The first-order valence-electron chi connectivity index (χ1n) is 12.9. The molecule has 1 aliphatic rings. The lowest BCUT2D eigenvalue weighted by Crippen LogP contribution is -2.34. The molecule has 0 unspecified atom stereocenters. The van der Waals surface area contributed by atoms with Gasteiger partial charge < -0.3 is 23.7 Å². The van der Waals surface area contributed by atoms with Crippen molar-refractivity contribution in [3.8, 4) is 11.5 Å². The van der Waals surface area contributed by atoms with Crippen molar-refractivity contribution in [2.24, 2.45) is 0 Å². The molecule has 10 heteroatoms. The van der Waals surface area contributed by atoms with Crippen molar-refractivity contribution < 1.29 is 41.7 Å². The summed E-state index contributed by atoms with van der Waals surface area (Å²) in [5.74, 6) is 0.0482. The molecule has 3 atom stereocenters. The van der Waals surface area contributed by atoms with Crippen molar-refractivity contribution in [2.75, 3.05) is 6.61 Å². The van der Waals surface area contributed by atoms with Crippen molar-refractivity contribution in [1.29, 1.82) is 0 Å². The van der Waals surface area contributed by atoms with E-state index in [0.29, 0.717) is 30.2 Å². The summed E-state index contributed by atoms with van der Waals surface area (Å²) in [4.78, 5) is 16.3. The van der Waals surface area contributed by atoms with E-state index in [1.165, 1.54) is 12.1 Å². The highest BCUT2D eigenvalue weighted by molar-refractivity contribution is 5.72. The van der Waals surface area contributed by atoms with Gasteiger partial charge >= 0.3 is 12.1 Å². The SMILES string of the molecule is Cc1ccc(-c2nc(CO[C@H]3CCC[C@@H](OC[C@@H](OCc4ccc(C(F)(F)F)cc4)C(=O)O)C3)c(C)o2)cc1. The quantitative estimate of drug-likeness (QED) is 0.293. The van der Waals surface area contributed by atoms with Gasteiger partial charge in [-0.3, -0.25) is 0 Å². The van der Waals surface area contributed by atoms with Crippen LogP contribution in [0, 0.1) is 13.8 Å². The number of nitrogens with zero attached hydrogens (tertiary/aromatic N) is 1. The number of oxazole rings is 1. The summed E-state index contributed by atoms with van der Waals surface area (Å²) in [5, 5.41) is 9.52.